The molecule has 0 saturated carbocycles. The van der Waals surface area contributed by atoms with E-state index in [4.69, 9.17) is 4.52 Å². The minimum Gasteiger partial charge on any atom is -0.309 e. The third-order valence-corrected chi connectivity index (χ3v) is 3.59. The predicted octanol–water partition coefficient (Wildman–Crippen LogP) is 2.94. The van der Waals surface area contributed by atoms with E-state index >= 15 is 0 Å². The molecule has 0 aliphatic carbocycles. The monoisotopic (exact) mass is 262 g/mol. The number of hydrogen-bond acceptors (Lipinski definition) is 3. The Labute approximate surface area is 80.3 Å². The van der Waals surface area contributed by atoms with Gasteiger partial charge in [-0.1, -0.05) is 22.9 Å². The van der Waals surface area contributed by atoms with Crippen molar-refractivity contribution in [3.05, 3.63) is 0 Å². The van der Waals surface area contributed by atoms with Gasteiger partial charge in [-0.05, 0) is 6.92 Å². The molecular formula is C6H13BrFO3P. The van der Waals surface area contributed by atoms with Crippen LogP contribution in [0.3, 0.4) is 0 Å². The van der Waals surface area contributed by atoms with Gasteiger partial charge in [0.25, 0.3) is 0 Å². The Kier molecular flexibility index (Phi) is 6.36. The summed E-state index contributed by atoms with van der Waals surface area (Å²) in [5.41, 5.74) is 0. The molecule has 0 radical (unpaired) electrons. The van der Waals surface area contributed by atoms with Gasteiger partial charge in [0.15, 0.2) is 0 Å². The van der Waals surface area contributed by atoms with Crippen molar-refractivity contribution in [2.75, 3.05) is 18.1 Å². The minimum atomic E-state index is -3.18. The fraction of sp³-hybridized carbons (Fsp3) is 1.00. The number of rotatable bonds is 6. The molecule has 0 amide bonds. The lowest BCUT2D eigenvalue weighted by Crippen LogP contribution is -2.08. The van der Waals surface area contributed by atoms with Gasteiger partial charge in [-0.25, -0.2) is 4.39 Å². The Morgan fingerprint density at radius 2 is 2.17 bits per heavy atom. The van der Waals surface area contributed by atoms with Crippen LogP contribution in [0.15, 0.2) is 0 Å². The number of halogens is 2. The predicted molar refractivity (Wildman–Crippen MR) is 49.5 cm³/mol. The van der Waals surface area contributed by atoms with Gasteiger partial charge in [0.05, 0.1) is 11.9 Å². The SMILES string of the molecule is CCOP(=O)(CC)OC(F)CBr. The lowest BCUT2D eigenvalue weighted by Gasteiger charge is -2.17. The molecule has 0 heterocycles. The molecule has 0 rings (SSSR count). The van der Waals surface area contributed by atoms with Gasteiger partial charge >= 0.3 is 7.60 Å². The van der Waals surface area contributed by atoms with Gasteiger partial charge in [0.2, 0.25) is 6.36 Å². The Morgan fingerprint density at radius 1 is 1.58 bits per heavy atom. The molecule has 0 aliphatic heterocycles. The maximum atomic E-state index is 12.6. The molecule has 0 saturated heterocycles. The second kappa shape index (κ2) is 6.08. The van der Waals surface area contributed by atoms with E-state index in [2.05, 4.69) is 20.5 Å². The molecule has 12 heavy (non-hydrogen) atoms. The highest BCUT2D eigenvalue weighted by Gasteiger charge is 2.25. The lowest BCUT2D eigenvalue weighted by atomic mass is 10.8. The average Bonchev–Trinajstić information content (AvgIpc) is 2.05. The molecule has 0 bridgehead atoms. The maximum Gasteiger partial charge on any atom is 0.332 e. The van der Waals surface area contributed by atoms with Gasteiger partial charge in [0.1, 0.15) is 0 Å². The summed E-state index contributed by atoms with van der Waals surface area (Å²) in [6, 6.07) is 0. The van der Waals surface area contributed by atoms with Crippen molar-refractivity contribution in [1.82, 2.24) is 0 Å². The van der Waals surface area contributed by atoms with Gasteiger partial charge in [-0.2, -0.15) is 0 Å². The first-order valence-electron chi connectivity index (χ1n) is 3.70. The Hall–Kier alpha value is 0.560. The smallest absolute Gasteiger partial charge is 0.309 e. The van der Waals surface area contributed by atoms with Gasteiger partial charge in [-0.3, -0.25) is 9.09 Å². The quantitative estimate of drug-likeness (QED) is 0.546. The molecule has 0 aliphatic rings. The molecule has 0 spiro atoms. The zero-order chi connectivity index (χ0) is 9.61. The molecule has 0 aromatic carbocycles. The van der Waals surface area contributed by atoms with Crippen molar-refractivity contribution < 1.29 is 18.0 Å². The minimum absolute atomic E-state index is 0.00403. The highest BCUT2D eigenvalue weighted by atomic mass is 79.9. The summed E-state index contributed by atoms with van der Waals surface area (Å²) in [6.07, 6.45) is -1.38. The second-order valence-corrected chi connectivity index (χ2v) is 4.99. The van der Waals surface area contributed by atoms with E-state index in [1.165, 1.54) is 0 Å². The van der Waals surface area contributed by atoms with Crippen LogP contribution >= 0.6 is 23.5 Å². The summed E-state index contributed by atoms with van der Waals surface area (Å²) in [5, 5.41) is 0.00403. The fourth-order valence-electron chi connectivity index (χ4n) is 0.595. The van der Waals surface area contributed by atoms with Crippen molar-refractivity contribution in [1.29, 1.82) is 0 Å². The van der Waals surface area contributed by atoms with Crippen LogP contribution in [-0.2, 0) is 13.6 Å². The van der Waals surface area contributed by atoms with E-state index in [1.807, 2.05) is 0 Å². The van der Waals surface area contributed by atoms with Crippen LogP contribution in [0.5, 0.6) is 0 Å². The molecular weight excluding hydrogens is 250 g/mol. The largest absolute Gasteiger partial charge is 0.332 e. The third-order valence-electron chi connectivity index (χ3n) is 1.11. The van der Waals surface area contributed by atoms with Gasteiger partial charge in [-0.15, -0.1) is 0 Å². The van der Waals surface area contributed by atoms with Crippen LogP contribution < -0.4 is 0 Å². The van der Waals surface area contributed by atoms with Crippen LogP contribution in [0.25, 0.3) is 0 Å². The van der Waals surface area contributed by atoms with Crippen molar-refractivity contribution in [3.8, 4) is 0 Å². The molecule has 0 N–H and O–H groups in total. The summed E-state index contributed by atoms with van der Waals surface area (Å²) in [6.45, 7) is 3.59. The van der Waals surface area contributed by atoms with Gasteiger partial charge < -0.3 is 4.52 Å². The Bertz CT molecular complexity index is 167. The number of alkyl halides is 2. The summed E-state index contributed by atoms with van der Waals surface area (Å²) >= 11 is 2.87. The first-order valence-corrected chi connectivity index (χ1v) is 6.55. The van der Waals surface area contributed by atoms with Crippen LogP contribution in [0.2, 0.25) is 0 Å². The first-order chi connectivity index (χ1) is 5.58. The Morgan fingerprint density at radius 3 is 2.50 bits per heavy atom. The van der Waals surface area contributed by atoms with Crippen LogP contribution in [0.1, 0.15) is 13.8 Å². The van der Waals surface area contributed by atoms with E-state index in [1.54, 1.807) is 13.8 Å². The van der Waals surface area contributed by atoms with E-state index in [9.17, 15) is 8.96 Å². The molecule has 2 unspecified atom stereocenters. The zero-order valence-corrected chi connectivity index (χ0v) is 9.61. The standard InChI is InChI=1S/C6H13BrFO3P/c1-3-10-12(9,4-2)11-6(8)5-7/h6H,3-5H2,1-2H3. The molecule has 0 aromatic heterocycles. The van der Waals surface area contributed by atoms with E-state index in [0.29, 0.717) is 0 Å². The van der Waals surface area contributed by atoms with Gasteiger partial charge in [0, 0.05) is 6.16 Å². The van der Waals surface area contributed by atoms with Crippen LogP contribution in [0, 0.1) is 0 Å². The summed E-state index contributed by atoms with van der Waals surface area (Å²) in [5.74, 6) is 0. The van der Waals surface area contributed by atoms with Crippen molar-refractivity contribution in [2.45, 2.75) is 20.2 Å². The maximum absolute atomic E-state index is 12.6. The Balaban J connectivity index is 4.04. The zero-order valence-electron chi connectivity index (χ0n) is 7.13. The van der Waals surface area contributed by atoms with Crippen LogP contribution in [-0.4, -0.2) is 24.5 Å². The molecule has 2 atom stereocenters. The van der Waals surface area contributed by atoms with Crippen LogP contribution in [0.4, 0.5) is 4.39 Å². The van der Waals surface area contributed by atoms with Crippen molar-refractivity contribution in [3.63, 3.8) is 0 Å². The molecule has 74 valence electrons. The van der Waals surface area contributed by atoms with E-state index in [-0.39, 0.29) is 18.1 Å². The highest BCUT2D eigenvalue weighted by molar-refractivity contribution is 9.09. The third kappa shape index (κ3) is 4.55. The molecule has 6 heteroatoms. The number of hydrogen-bond donors (Lipinski definition) is 0. The van der Waals surface area contributed by atoms with Crippen molar-refractivity contribution in [2.24, 2.45) is 0 Å². The highest BCUT2D eigenvalue weighted by Crippen LogP contribution is 2.48. The molecule has 3 nitrogen and oxygen atoms in total. The van der Waals surface area contributed by atoms with E-state index in [0.717, 1.165) is 0 Å². The topological polar surface area (TPSA) is 35.5 Å². The molecule has 0 fully saturated rings. The lowest BCUT2D eigenvalue weighted by molar-refractivity contribution is 0.0685. The average molecular weight is 263 g/mol. The second-order valence-electron chi connectivity index (χ2n) is 2.01. The summed E-state index contributed by atoms with van der Waals surface area (Å²) in [7, 11) is -3.18. The summed E-state index contributed by atoms with van der Waals surface area (Å²) < 4.78 is 33.5. The normalized spacial score (nSPS) is 18.7. The van der Waals surface area contributed by atoms with Crippen molar-refractivity contribution >= 4 is 23.5 Å². The first kappa shape index (κ1) is 12.6. The summed E-state index contributed by atoms with van der Waals surface area (Å²) in [4.78, 5) is 0. The fourth-order valence-corrected chi connectivity index (χ4v) is 2.14. The van der Waals surface area contributed by atoms with E-state index < -0.39 is 14.0 Å². The molecule has 0 aromatic rings.